The molecule has 2 amide bonds. The molecule has 5 nitrogen and oxygen atoms in total. The molecule has 2 aliphatic rings. The fourth-order valence-corrected chi connectivity index (χ4v) is 4.18. The second-order valence-corrected chi connectivity index (χ2v) is 7.92. The Labute approximate surface area is 176 Å². The SMILES string of the molecule is O=C1CCC(C(=O)N2CC=C(c3ccc(F)cc3)CC2)CN1CCc1ccccn1. The van der Waals surface area contributed by atoms with E-state index in [0.29, 0.717) is 45.4 Å². The third-order valence-corrected chi connectivity index (χ3v) is 5.95. The molecule has 0 saturated carbocycles. The Morgan fingerprint density at radius 3 is 2.67 bits per heavy atom. The molecule has 0 N–H and O–H groups in total. The van der Waals surface area contributed by atoms with Gasteiger partial charge < -0.3 is 9.80 Å². The molecular formula is C24H26FN3O2. The number of nitrogens with zero attached hydrogens (tertiary/aromatic N) is 3. The van der Waals surface area contributed by atoms with E-state index in [0.717, 1.165) is 23.3 Å². The van der Waals surface area contributed by atoms with Crippen molar-refractivity contribution >= 4 is 17.4 Å². The predicted molar refractivity (Wildman–Crippen MR) is 113 cm³/mol. The molecule has 1 aromatic heterocycles. The van der Waals surface area contributed by atoms with Crippen molar-refractivity contribution in [2.45, 2.75) is 25.7 Å². The Hall–Kier alpha value is -3.02. The number of likely N-dealkylation sites (tertiary alicyclic amines) is 1. The summed E-state index contributed by atoms with van der Waals surface area (Å²) >= 11 is 0. The van der Waals surface area contributed by atoms with Crippen LogP contribution in [0.4, 0.5) is 4.39 Å². The average molecular weight is 407 g/mol. The smallest absolute Gasteiger partial charge is 0.227 e. The minimum absolute atomic E-state index is 0.118. The predicted octanol–water partition coefficient (Wildman–Crippen LogP) is 3.32. The van der Waals surface area contributed by atoms with Gasteiger partial charge in [0.2, 0.25) is 11.8 Å². The number of hydrogen-bond donors (Lipinski definition) is 0. The van der Waals surface area contributed by atoms with Crippen LogP contribution in [0.25, 0.3) is 5.57 Å². The number of halogens is 1. The van der Waals surface area contributed by atoms with Crippen molar-refractivity contribution < 1.29 is 14.0 Å². The highest BCUT2D eigenvalue weighted by atomic mass is 19.1. The van der Waals surface area contributed by atoms with Crippen molar-refractivity contribution in [1.29, 1.82) is 0 Å². The highest BCUT2D eigenvalue weighted by molar-refractivity contribution is 5.84. The van der Waals surface area contributed by atoms with E-state index in [1.807, 2.05) is 28.0 Å². The lowest BCUT2D eigenvalue weighted by Crippen LogP contribution is -2.48. The summed E-state index contributed by atoms with van der Waals surface area (Å²) in [6.07, 6.45) is 6.30. The van der Waals surface area contributed by atoms with Crippen molar-refractivity contribution in [2.75, 3.05) is 26.2 Å². The van der Waals surface area contributed by atoms with E-state index in [-0.39, 0.29) is 23.5 Å². The zero-order valence-electron chi connectivity index (χ0n) is 17.0. The lowest BCUT2D eigenvalue weighted by molar-refractivity contribution is -0.142. The maximum atomic E-state index is 13.1. The maximum absolute atomic E-state index is 13.1. The van der Waals surface area contributed by atoms with E-state index in [9.17, 15) is 14.0 Å². The minimum Gasteiger partial charge on any atom is -0.342 e. The highest BCUT2D eigenvalue weighted by Gasteiger charge is 2.33. The molecular weight excluding hydrogens is 381 g/mol. The number of hydrogen-bond acceptors (Lipinski definition) is 3. The summed E-state index contributed by atoms with van der Waals surface area (Å²) in [5.74, 6) is -0.148. The average Bonchev–Trinajstić information content (AvgIpc) is 2.79. The Bertz CT molecular complexity index is 927. The minimum atomic E-state index is -0.244. The molecule has 2 aromatic rings. The first-order chi connectivity index (χ1) is 14.6. The monoisotopic (exact) mass is 407 g/mol. The molecule has 0 aliphatic carbocycles. The summed E-state index contributed by atoms with van der Waals surface area (Å²) in [4.78, 5) is 33.4. The van der Waals surface area contributed by atoms with Crippen LogP contribution in [0, 0.1) is 11.7 Å². The molecule has 3 heterocycles. The van der Waals surface area contributed by atoms with Crippen LogP contribution in [0.1, 0.15) is 30.5 Å². The van der Waals surface area contributed by atoms with Crippen molar-refractivity contribution in [3.63, 3.8) is 0 Å². The summed E-state index contributed by atoms with van der Waals surface area (Å²) in [7, 11) is 0. The molecule has 2 aliphatic heterocycles. The first-order valence-electron chi connectivity index (χ1n) is 10.5. The van der Waals surface area contributed by atoms with Crippen molar-refractivity contribution in [3.8, 4) is 0 Å². The van der Waals surface area contributed by atoms with Gasteiger partial charge in [-0.15, -0.1) is 0 Å². The normalized spacial score (nSPS) is 19.6. The van der Waals surface area contributed by atoms with Crippen LogP contribution in [0.2, 0.25) is 0 Å². The first kappa shape index (κ1) is 20.3. The fraction of sp³-hybridized carbons (Fsp3) is 0.375. The van der Waals surface area contributed by atoms with E-state index in [4.69, 9.17) is 0 Å². The van der Waals surface area contributed by atoms with E-state index in [1.54, 1.807) is 18.3 Å². The lowest BCUT2D eigenvalue weighted by atomic mass is 9.94. The lowest BCUT2D eigenvalue weighted by Gasteiger charge is -2.36. The molecule has 156 valence electrons. The Morgan fingerprint density at radius 1 is 1.13 bits per heavy atom. The number of pyridine rings is 1. The van der Waals surface area contributed by atoms with E-state index in [1.165, 1.54) is 12.1 Å². The van der Waals surface area contributed by atoms with Crippen LogP contribution >= 0.6 is 0 Å². The molecule has 0 bridgehead atoms. The topological polar surface area (TPSA) is 53.5 Å². The highest BCUT2D eigenvalue weighted by Crippen LogP contribution is 2.26. The molecule has 4 rings (SSSR count). The van der Waals surface area contributed by atoms with Gasteiger partial charge in [0.1, 0.15) is 5.82 Å². The first-order valence-corrected chi connectivity index (χ1v) is 10.5. The van der Waals surface area contributed by atoms with Gasteiger partial charge in [0, 0.05) is 50.9 Å². The molecule has 0 spiro atoms. The van der Waals surface area contributed by atoms with Crippen molar-refractivity contribution in [1.82, 2.24) is 14.8 Å². The zero-order chi connectivity index (χ0) is 20.9. The van der Waals surface area contributed by atoms with Crippen molar-refractivity contribution in [3.05, 3.63) is 71.8 Å². The standard InChI is InChI=1S/C24H26FN3O2/c25-21-7-4-18(5-8-21)19-10-14-27(15-11-19)24(30)20-6-9-23(29)28(17-20)16-12-22-3-1-2-13-26-22/h1-5,7-8,10,13,20H,6,9,11-12,14-17H2. The van der Waals surface area contributed by atoms with Crippen LogP contribution in [0.5, 0.6) is 0 Å². The van der Waals surface area contributed by atoms with Crippen LogP contribution in [0.15, 0.2) is 54.7 Å². The van der Waals surface area contributed by atoms with Gasteiger partial charge >= 0.3 is 0 Å². The van der Waals surface area contributed by atoms with Gasteiger partial charge in [-0.1, -0.05) is 24.3 Å². The largest absolute Gasteiger partial charge is 0.342 e. The van der Waals surface area contributed by atoms with E-state index < -0.39 is 0 Å². The molecule has 1 saturated heterocycles. The number of piperidine rings is 1. The zero-order valence-corrected chi connectivity index (χ0v) is 17.0. The summed E-state index contributed by atoms with van der Waals surface area (Å²) in [6, 6.07) is 12.3. The van der Waals surface area contributed by atoms with Gasteiger partial charge in [0.15, 0.2) is 0 Å². The number of rotatable bonds is 5. The van der Waals surface area contributed by atoms with E-state index >= 15 is 0 Å². The fourth-order valence-electron chi connectivity index (χ4n) is 4.18. The Morgan fingerprint density at radius 2 is 1.97 bits per heavy atom. The molecule has 6 heteroatoms. The second kappa shape index (κ2) is 9.20. The van der Waals surface area contributed by atoms with Crippen LogP contribution in [0.3, 0.4) is 0 Å². The van der Waals surface area contributed by atoms with Crippen LogP contribution < -0.4 is 0 Å². The van der Waals surface area contributed by atoms with Crippen molar-refractivity contribution in [2.24, 2.45) is 5.92 Å². The molecule has 1 aromatic carbocycles. The summed E-state index contributed by atoms with van der Waals surface area (Å²) in [5, 5.41) is 0. The van der Waals surface area contributed by atoms with Gasteiger partial charge in [-0.25, -0.2) is 4.39 Å². The Balaban J connectivity index is 1.34. The van der Waals surface area contributed by atoms with E-state index in [2.05, 4.69) is 11.1 Å². The molecule has 30 heavy (non-hydrogen) atoms. The number of benzene rings is 1. The molecule has 1 atom stereocenters. The number of aromatic nitrogens is 1. The molecule has 1 fully saturated rings. The number of carbonyl (C=O) groups is 2. The quantitative estimate of drug-likeness (QED) is 0.764. The third kappa shape index (κ3) is 4.75. The maximum Gasteiger partial charge on any atom is 0.227 e. The summed E-state index contributed by atoms with van der Waals surface area (Å²) in [5.41, 5.74) is 3.11. The second-order valence-electron chi connectivity index (χ2n) is 7.92. The third-order valence-electron chi connectivity index (χ3n) is 5.95. The summed E-state index contributed by atoms with van der Waals surface area (Å²) < 4.78 is 13.1. The summed E-state index contributed by atoms with van der Waals surface area (Å²) in [6.45, 7) is 2.29. The van der Waals surface area contributed by atoms with Gasteiger partial charge in [-0.2, -0.15) is 0 Å². The van der Waals surface area contributed by atoms with Crippen LogP contribution in [-0.4, -0.2) is 52.8 Å². The number of amides is 2. The van der Waals surface area contributed by atoms with Gasteiger partial charge in [0.05, 0.1) is 5.92 Å². The number of carbonyl (C=O) groups excluding carboxylic acids is 2. The van der Waals surface area contributed by atoms with Gasteiger partial charge in [-0.05, 0) is 48.2 Å². The molecule has 1 unspecified atom stereocenters. The van der Waals surface area contributed by atoms with Gasteiger partial charge in [0.25, 0.3) is 0 Å². The molecule has 0 radical (unpaired) electrons. The van der Waals surface area contributed by atoms with Gasteiger partial charge in [-0.3, -0.25) is 14.6 Å². The Kier molecular flexibility index (Phi) is 6.21. The van der Waals surface area contributed by atoms with Crippen LogP contribution in [-0.2, 0) is 16.0 Å².